The highest BCUT2D eigenvalue weighted by Gasteiger charge is 2.18. The van der Waals surface area contributed by atoms with Gasteiger partial charge in [0.15, 0.2) is 0 Å². The van der Waals surface area contributed by atoms with Crippen LogP contribution in [0, 0.1) is 0 Å². The zero-order valence-electron chi connectivity index (χ0n) is 13.6. The Balaban J connectivity index is 0.00000288. The highest BCUT2D eigenvalue weighted by molar-refractivity contribution is 7.88. The molecule has 0 spiro atoms. The molecular formula is C16H22ClN3O3S. The minimum Gasteiger partial charge on any atom is -0.347 e. The molecule has 24 heavy (non-hydrogen) atoms. The van der Waals surface area contributed by atoms with Crippen LogP contribution < -0.4 is 11.1 Å². The molecule has 0 heterocycles. The van der Waals surface area contributed by atoms with Crippen molar-refractivity contribution in [1.29, 1.82) is 0 Å². The number of amides is 1. The lowest BCUT2D eigenvalue weighted by Gasteiger charge is -2.20. The van der Waals surface area contributed by atoms with Crippen LogP contribution in [0.4, 0.5) is 0 Å². The van der Waals surface area contributed by atoms with E-state index in [1.54, 1.807) is 0 Å². The number of nitrogens with one attached hydrogen (secondary N) is 1. The fourth-order valence-electron chi connectivity index (χ4n) is 2.26. The molecule has 0 fully saturated rings. The van der Waals surface area contributed by atoms with Crippen molar-refractivity contribution in [2.24, 2.45) is 5.73 Å². The van der Waals surface area contributed by atoms with Gasteiger partial charge in [-0.2, -0.15) is 4.31 Å². The van der Waals surface area contributed by atoms with E-state index in [4.69, 9.17) is 5.73 Å². The molecule has 0 bridgehead atoms. The van der Waals surface area contributed by atoms with E-state index in [0.717, 1.165) is 26.9 Å². The molecule has 8 heteroatoms. The summed E-state index contributed by atoms with van der Waals surface area (Å²) in [6.07, 6.45) is 1.06. The maximum atomic E-state index is 12.0. The van der Waals surface area contributed by atoms with E-state index in [0.29, 0.717) is 0 Å². The van der Waals surface area contributed by atoms with E-state index in [1.807, 2.05) is 42.5 Å². The van der Waals surface area contributed by atoms with E-state index in [-0.39, 0.29) is 37.4 Å². The van der Waals surface area contributed by atoms with Gasteiger partial charge in [-0.05, 0) is 22.4 Å². The standard InChI is InChI=1S/C16H21N3O3S.ClH/c1-19(23(2,21)22)11-16(20)18-15(10-17)14-8-7-12-5-3-4-6-13(12)9-14;/h3-9,15H,10-11,17H2,1-2H3,(H,18,20);1H. The van der Waals surface area contributed by atoms with E-state index in [1.165, 1.54) is 7.05 Å². The maximum absolute atomic E-state index is 12.0. The van der Waals surface area contributed by atoms with Crippen LogP contribution in [-0.4, -0.2) is 45.0 Å². The van der Waals surface area contributed by atoms with Gasteiger partial charge in [0.25, 0.3) is 0 Å². The third-order valence-corrected chi connectivity index (χ3v) is 4.94. The summed E-state index contributed by atoms with van der Waals surface area (Å²) in [6.45, 7) is -0.00438. The molecule has 0 saturated heterocycles. The Labute approximate surface area is 148 Å². The lowest BCUT2D eigenvalue weighted by Crippen LogP contribution is -2.41. The van der Waals surface area contributed by atoms with Crippen LogP contribution in [0.25, 0.3) is 10.8 Å². The number of likely N-dealkylation sites (N-methyl/N-ethyl adjacent to an activating group) is 1. The number of carbonyl (C=O) groups excluding carboxylic acids is 1. The van der Waals surface area contributed by atoms with Gasteiger partial charge in [-0.3, -0.25) is 4.79 Å². The molecule has 1 amide bonds. The summed E-state index contributed by atoms with van der Waals surface area (Å²) in [7, 11) is -2.03. The van der Waals surface area contributed by atoms with Crippen molar-refractivity contribution in [3.05, 3.63) is 48.0 Å². The first kappa shape index (κ1) is 20.4. The highest BCUT2D eigenvalue weighted by Crippen LogP contribution is 2.20. The summed E-state index contributed by atoms with van der Waals surface area (Å²) in [4.78, 5) is 12.0. The van der Waals surface area contributed by atoms with E-state index >= 15 is 0 Å². The number of fused-ring (bicyclic) bond motifs is 1. The van der Waals surface area contributed by atoms with Crippen molar-refractivity contribution in [2.75, 3.05) is 26.4 Å². The molecule has 0 radical (unpaired) electrons. The van der Waals surface area contributed by atoms with Gasteiger partial charge in [0.05, 0.1) is 18.8 Å². The Kier molecular flexibility index (Phi) is 7.16. The SMILES string of the molecule is CN(CC(=O)NC(CN)c1ccc2ccccc2c1)S(C)(=O)=O.Cl. The monoisotopic (exact) mass is 371 g/mol. The number of hydrogen-bond donors (Lipinski definition) is 2. The molecule has 132 valence electrons. The fraction of sp³-hybridized carbons (Fsp3) is 0.312. The highest BCUT2D eigenvalue weighted by atomic mass is 35.5. The van der Waals surface area contributed by atoms with Crippen LogP contribution in [0.15, 0.2) is 42.5 Å². The van der Waals surface area contributed by atoms with Crippen molar-refractivity contribution in [2.45, 2.75) is 6.04 Å². The number of halogens is 1. The molecule has 2 aromatic carbocycles. The van der Waals surface area contributed by atoms with Gasteiger partial charge in [-0.25, -0.2) is 8.42 Å². The number of nitrogens with two attached hydrogens (primary N) is 1. The van der Waals surface area contributed by atoms with Crippen LogP contribution >= 0.6 is 12.4 Å². The molecule has 6 nitrogen and oxygen atoms in total. The number of carbonyl (C=O) groups is 1. The van der Waals surface area contributed by atoms with Gasteiger partial charge in [-0.15, -0.1) is 12.4 Å². The number of hydrogen-bond acceptors (Lipinski definition) is 4. The second-order valence-electron chi connectivity index (χ2n) is 5.48. The van der Waals surface area contributed by atoms with Crippen molar-refractivity contribution < 1.29 is 13.2 Å². The largest absolute Gasteiger partial charge is 0.347 e. The van der Waals surface area contributed by atoms with E-state index in [9.17, 15) is 13.2 Å². The minimum absolute atomic E-state index is 0. The molecule has 0 aliphatic carbocycles. The molecule has 0 aliphatic heterocycles. The van der Waals surface area contributed by atoms with Crippen LogP contribution in [0.5, 0.6) is 0 Å². The number of rotatable bonds is 6. The summed E-state index contributed by atoms with van der Waals surface area (Å²) in [6, 6.07) is 13.4. The van der Waals surface area contributed by atoms with Gasteiger partial charge in [0.2, 0.25) is 15.9 Å². The topological polar surface area (TPSA) is 92.5 Å². The first-order valence-electron chi connectivity index (χ1n) is 7.20. The van der Waals surface area contributed by atoms with E-state index < -0.39 is 10.0 Å². The fourth-order valence-corrected chi connectivity index (χ4v) is 2.61. The Morgan fingerprint density at radius 3 is 2.42 bits per heavy atom. The zero-order valence-corrected chi connectivity index (χ0v) is 15.2. The second kappa shape index (κ2) is 8.43. The minimum atomic E-state index is -3.39. The van der Waals surface area contributed by atoms with Crippen LogP contribution in [0.1, 0.15) is 11.6 Å². The average Bonchev–Trinajstić information content (AvgIpc) is 2.51. The normalized spacial score (nSPS) is 12.7. The second-order valence-corrected chi connectivity index (χ2v) is 7.57. The van der Waals surface area contributed by atoms with Crippen LogP contribution in [0.2, 0.25) is 0 Å². The summed E-state index contributed by atoms with van der Waals surface area (Å²) in [5, 5.41) is 4.95. The predicted molar refractivity (Wildman–Crippen MR) is 98.6 cm³/mol. The molecule has 2 rings (SSSR count). The maximum Gasteiger partial charge on any atom is 0.235 e. The summed E-state index contributed by atoms with van der Waals surface area (Å²) in [5.74, 6) is -0.387. The van der Waals surface area contributed by atoms with E-state index in [2.05, 4.69) is 5.32 Å². The van der Waals surface area contributed by atoms with Gasteiger partial charge in [-0.1, -0.05) is 36.4 Å². The summed E-state index contributed by atoms with van der Waals surface area (Å²) in [5.41, 5.74) is 6.66. The molecule has 1 atom stereocenters. The van der Waals surface area contributed by atoms with Gasteiger partial charge < -0.3 is 11.1 Å². The zero-order chi connectivity index (χ0) is 17.0. The Bertz CT molecular complexity index is 811. The molecule has 0 saturated carbocycles. The summed E-state index contributed by atoms with van der Waals surface area (Å²) >= 11 is 0. The Morgan fingerprint density at radius 2 is 1.83 bits per heavy atom. The van der Waals surface area contributed by atoms with Gasteiger partial charge in [0.1, 0.15) is 0 Å². The lowest BCUT2D eigenvalue weighted by molar-refractivity contribution is -0.121. The van der Waals surface area contributed by atoms with Crippen molar-refractivity contribution in [1.82, 2.24) is 9.62 Å². The average molecular weight is 372 g/mol. The molecule has 1 unspecified atom stereocenters. The first-order valence-corrected chi connectivity index (χ1v) is 9.05. The Morgan fingerprint density at radius 1 is 1.21 bits per heavy atom. The Hall–Kier alpha value is -1.67. The number of nitrogens with zero attached hydrogens (tertiary/aromatic N) is 1. The van der Waals surface area contributed by atoms with Crippen molar-refractivity contribution >= 4 is 39.1 Å². The molecule has 3 N–H and O–H groups in total. The molecule has 0 aromatic heterocycles. The molecule has 0 aliphatic rings. The third kappa shape index (κ3) is 5.17. The van der Waals surface area contributed by atoms with Crippen molar-refractivity contribution in [3.8, 4) is 0 Å². The van der Waals surface area contributed by atoms with Gasteiger partial charge in [0, 0.05) is 13.6 Å². The smallest absolute Gasteiger partial charge is 0.235 e. The third-order valence-electron chi connectivity index (χ3n) is 3.68. The first-order chi connectivity index (χ1) is 10.8. The molecule has 2 aromatic rings. The number of benzene rings is 2. The summed E-state index contributed by atoms with van der Waals surface area (Å²) < 4.78 is 23.7. The van der Waals surface area contributed by atoms with Gasteiger partial charge >= 0.3 is 0 Å². The number of sulfonamides is 1. The van der Waals surface area contributed by atoms with Crippen molar-refractivity contribution in [3.63, 3.8) is 0 Å². The predicted octanol–water partition coefficient (Wildman–Crippen LogP) is 1.27. The molecular weight excluding hydrogens is 350 g/mol. The van der Waals surface area contributed by atoms with Crippen LogP contribution in [-0.2, 0) is 14.8 Å². The van der Waals surface area contributed by atoms with Crippen LogP contribution in [0.3, 0.4) is 0 Å². The lowest BCUT2D eigenvalue weighted by atomic mass is 10.0. The quantitative estimate of drug-likeness (QED) is 0.799.